The molecule has 3 amide bonds. The van der Waals surface area contributed by atoms with Gasteiger partial charge in [-0.1, -0.05) is 57.5 Å². The van der Waals surface area contributed by atoms with Gasteiger partial charge in [0.05, 0.1) is 6.54 Å². The number of carbonyl (C=O) groups is 3. The number of nitrogens with zero attached hydrogens (tertiary/aromatic N) is 1. The van der Waals surface area contributed by atoms with Crippen molar-refractivity contribution in [2.45, 2.75) is 53.0 Å². The smallest absolute Gasteiger partial charge is 0.244 e. The Balaban J connectivity index is 2.03. The van der Waals surface area contributed by atoms with E-state index in [1.807, 2.05) is 68.4 Å². The van der Waals surface area contributed by atoms with Crippen LogP contribution >= 0.6 is 0 Å². The van der Waals surface area contributed by atoms with E-state index in [0.29, 0.717) is 25.3 Å². The lowest BCUT2D eigenvalue weighted by Gasteiger charge is -2.24. The fourth-order valence-electron chi connectivity index (χ4n) is 3.73. The summed E-state index contributed by atoms with van der Waals surface area (Å²) in [6.07, 6.45) is 2.11. The third-order valence-corrected chi connectivity index (χ3v) is 5.48. The summed E-state index contributed by atoms with van der Waals surface area (Å²) in [7, 11) is 0. The Morgan fingerprint density at radius 2 is 1.74 bits per heavy atom. The molecule has 0 heterocycles. The van der Waals surface area contributed by atoms with Crippen molar-refractivity contribution in [3.8, 4) is 11.5 Å². The van der Waals surface area contributed by atoms with Crippen LogP contribution in [0.1, 0.15) is 52.0 Å². The third-order valence-electron chi connectivity index (χ3n) is 5.48. The summed E-state index contributed by atoms with van der Waals surface area (Å²) in [5.41, 5.74) is 2.50. The standard InChI is InChI=1S/C27H37N3O5/c1-4-5-14-30(19-21-10-9-13-24(16-21)35-23-11-7-6-8-12-23)26(32)18-28-27(33)22(15-20(2)3)17-25(31)29-34/h6-13,16,20,22,34H,4-5,14-15,17-19H2,1-3H3,(H,28,33)(H,29,31). The van der Waals surface area contributed by atoms with Gasteiger partial charge in [-0.25, -0.2) is 5.48 Å². The summed E-state index contributed by atoms with van der Waals surface area (Å²) >= 11 is 0. The van der Waals surface area contributed by atoms with Gasteiger partial charge in [-0.3, -0.25) is 19.6 Å². The van der Waals surface area contributed by atoms with Crippen molar-refractivity contribution in [2.75, 3.05) is 13.1 Å². The summed E-state index contributed by atoms with van der Waals surface area (Å²) in [5, 5.41) is 11.5. The zero-order chi connectivity index (χ0) is 25.6. The Kier molecular flexibility index (Phi) is 11.8. The lowest BCUT2D eigenvalue weighted by atomic mass is 9.93. The van der Waals surface area contributed by atoms with Gasteiger partial charge in [0.1, 0.15) is 11.5 Å². The lowest BCUT2D eigenvalue weighted by Crippen LogP contribution is -2.43. The van der Waals surface area contributed by atoms with Crippen molar-refractivity contribution in [2.24, 2.45) is 11.8 Å². The molecule has 1 unspecified atom stereocenters. The molecule has 0 radical (unpaired) electrons. The highest BCUT2D eigenvalue weighted by atomic mass is 16.5. The van der Waals surface area contributed by atoms with E-state index in [1.165, 1.54) is 0 Å². The highest BCUT2D eigenvalue weighted by Gasteiger charge is 2.24. The summed E-state index contributed by atoms with van der Waals surface area (Å²) in [6.45, 7) is 6.76. The zero-order valence-corrected chi connectivity index (χ0v) is 20.8. The number of rotatable bonds is 14. The maximum Gasteiger partial charge on any atom is 0.244 e. The van der Waals surface area contributed by atoms with E-state index in [-0.39, 0.29) is 30.7 Å². The average molecular weight is 484 g/mol. The van der Waals surface area contributed by atoms with E-state index in [9.17, 15) is 14.4 Å². The SMILES string of the molecule is CCCCN(Cc1cccc(Oc2ccccc2)c1)C(=O)CNC(=O)C(CC(=O)NO)CC(C)C. The Morgan fingerprint density at radius 3 is 2.40 bits per heavy atom. The summed E-state index contributed by atoms with van der Waals surface area (Å²) in [6, 6.07) is 17.1. The molecule has 35 heavy (non-hydrogen) atoms. The molecule has 0 saturated heterocycles. The van der Waals surface area contributed by atoms with Gasteiger partial charge in [0.15, 0.2) is 0 Å². The van der Waals surface area contributed by atoms with Crippen LogP contribution in [0.2, 0.25) is 0 Å². The lowest BCUT2D eigenvalue weighted by molar-refractivity contribution is -0.137. The Morgan fingerprint density at radius 1 is 1.03 bits per heavy atom. The second-order valence-corrected chi connectivity index (χ2v) is 9.01. The molecule has 2 aromatic rings. The number of carbonyl (C=O) groups excluding carboxylic acids is 3. The van der Waals surface area contributed by atoms with Gasteiger partial charge in [0, 0.05) is 25.4 Å². The van der Waals surface area contributed by atoms with Gasteiger partial charge in [0.2, 0.25) is 17.7 Å². The van der Waals surface area contributed by atoms with E-state index >= 15 is 0 Å². The number of para-hydroxylation sites is 1. The summed E-state index contributed by atoms with van der Waals surface area (Å²) in [4.78, 5) is 39.0. The minimum Gasteiger partial charge on any atom is -0.457 e. The van der Waals surface area contributed by atoms with Gasteiger partial charge in [0.25, 0.3) is 0 Å². The first-order chi connectivity index (χ1) is 16.8. The molecule has 8 heteroatoms. The van der Waals surface area contributed by atoms with Crippen LogP contribution in [0.15, 0.2) is 54.6 Å². The van der Waals surface area contributed by atoms with E-state index in [4.69, 9.17) is 9.94 Å². The van der Waals surface area contributed by atoms with E-state index in [0.717, 1.165) is 24.2 Å². The second kappa shape index (κ2) is 14.8. The monoisotopic (exact) mass is 483 g/mol. The fourth-order valence-corrected chi connectivity index (χ4v) is 3.73. The highest BCUT2D eigenvalue weighted by Crippen LogP contribution is 2.22. The molecule has 0 aromatic heterocycles. The maximum atomic E-state index is 13.0. The van der Waals surface area contributed by atoms with Gasteiger partial charge < -0.3 is 15.0 Å². The first kappa shape index (κ1) is 27.9. The molecule has 1 atom stereocenters. The summed E-state index contributed by atoms with van der Waals surface area (Å²) in [5.74, 6) is -0.217. The molecule has 0 spiro atoms. The highest BCUT2D eigenvalue weighted by molar-refractivity contribution is 5.88. The minimum absolute atomic E-state index is 0.136. The van der Waals surface area contributed by atoms with Crippen LogP contribution in [0.3, 0.4) is 0 Å². The van der Waals surface area contributed by atoms with Crippen molar-refractivity contribution in [1.82, 2.24) is 15.7 Å². The van der Waals surface area contributed by atoms with Crippen LogP contribution in [-0.4, -0.2) is 40.9 Å². The molecule has 0 aliphatic carbocycles. The molecule has 0 aliphatic rings. The number of benzene rings is 2. The molecule has 0 aliphatic heterocycles. The van der Waals surface area contributed by atoms with Crippen molar-refractivity contribution < 1.29 is 24.3 Å². The van der Waals surface area contributed by atoms with Crippen LogP contribution < -0.4 is 15.5 Å². The number of hydrogen-bond donors (Lipinski definition) is 3. The van der Waals surface area contributed by atoms with Crippen LogP contribution in [0.25, 0.3) is 0 Å². The number of nitrogens with one attached hydrogen (secondary N) is 2. The van der Waals surface area contributed by atoms with Crippen LogP contribution in [0.4, 0.5) is 0 Å². The molecular formula is C27H37N3O5. The third kappa shape index (κ3) is 10.2. The van der Waals surface area contributed by atoms with E-state index < -0.39 is 11.8 Å². The predicted octanol–water partition coefficient (Wildman–Crippen LogP) is 4.28. The molecule has 2 aromatic carbocycles. The molecule has 8 nitrogen and oxygen atoms in total. The van der Waals surface area contributed by atoms with Crippen molar-refractivity contribution in [3.05, 3.63) is 60.2 Å². The number of amides is 3. The summed E-state index contributed by atoms with van der Waals surface area (Å²) < 4.78 is 5.91. The molecule has 0 fully saturated rings. The molecule has 190 valence electrons. The van der Waals surface area contributed by atoms with Crippen LogP contribution in [0, 0.1) is 11.8 Å². The van der Waals surface area contributed by atoms with Gasteiger partial charge in [-0.15, -0.1) is 0 Å². The second-order valence-electron chi connectivity index (χ2n) is 9.01. The number of hydroxylamine groups is 1. The first-order valence-electron chi connectivity index (χ1n) is 12.1. The van der Waals surface area contributed by atoms with E-state index in [1.54, 1.807) is 10.4 Å². The molecule has 0 saturated carbocycles. The predicted molar refractivity (Wildman–Crippen MR) is 134 cm³/mol. The van der Waals surface area contributed by atoms with Gasteiger partial charge in [-0.05, 0) is 48.6 Å². The maximum absolute atomic E-state index is 13.0. The number of ether oxygens (including phenoxy) is 1. The van der Waals surface area contributed by atoms with Crippen LogP contribution in [0.5, 0.6) is 11.5 Å². The van der Waals surface area contributed by atoms with Crippen LogP contribution in [-0.2, 0) is 20.9 Å². The molecule has 0 bridgehead atoms. The zero-order valence-electron chi connectivity index (χ0n) is 20.8. The molecule has 3 N–H and O–H groups in total. The van der Waals surface area contributed by atoms with Crippen molar-refractivity contribution >= 4 is 17.7 Å². The minimum atomic E-state index is -0.626. The first-order valence-corrected chi connectivity index (χ1v) is 12.1. The quantitative estimate of drug-likeness (QED) is 0.275. The van der Waals surface area contributed by atoms with Gasteiger partial charge >= 0.3 is 0 Å². The molecular weight excluding hydrogens is 446 g/mol. The van der Waals surface area contributed by atoms with Gasteiger partial charge in [-0.2, -0.15) is 0 Å². The topological polar surface area (TPSA) is 108 Å². The largest absolute Gasteiger partial charge is 0.457 e. The normalized spacial score (nSPS) is 11.6. The Hall–Kier alpha value is -3.39. The van der Waals surface area contributed by atoms with Crippen molar-refractivity contribution in [1.29, 1.82) is 0 Å². The molecule has 2 rings (SSSR count). The van der Waals surface area contributed by atoms with Crippen molar-refractivity contribution in [3.63, 3.8) is 0 Å². The Labute approximate surface area is 207 Å². The van der Waals surface area contributed by atoms with E-state index in [2.05, 4.69) is 12.2 Å². The number of unbranched alkanes of at least 4 members (excludes halogenated alkanes) is 1. The number of hydrogen-bond acceptors (Lipinski definition) is 5. The Bertz CT molecular complexity index is 949. The average Bonchev–Trinajstić information content (AvgIpc) is 2.84. The fraction of sp³-hybridized carbons (Fsp3) is 0.444.